The minimum Gasteiger partial charge on any atom is -0.311 e. The molecule has 0 spiro atoms. The maximum absolute atomic E-state index is 2.52. The van der Waals surface area contributed by atoms with Gasteiger partial charge in [-0.3, -0.25) is 0 Å². The molecule has 5 heteroatoms. The summed E-state index contributed by atoms with van der Waals surface area (Å²) in [6.07, 6.45) is 0. The first-order valence-corrected chi connectivity index (χ1v) is 23.3. The molecular weight excluding hydrogens is 812 g/mol. The normalized spacial score (nSPS) is 12.8. The molecule has 0 unspecified atom stereocenters. The van der Waals surface area contributed by atoms with Crippen molar-refractivity contribution in [3.8, 4) is 22.5 Å². The molecule has 2 aromatic heterocycles. The fourth-order valence-electron chi connectivity index (χ4n) is 11.5. The number of nitrogens with zero attached hydrogens (tertiary/aromatic N) is 4. The Morgan fingerprint density at radius 3 is 1.27 bits per heavy atom. The lowest BCUT2D eigenvalue weighted by Crippen LogP contribution is -2.61. The van der Waals surface area contributed by atoms with Gasteiger partial charge in [-0.25, -0.2) is 0 Å². The number of aromatic nitrogens is 2. The highest BCUT2D eigenvalue weighted by Gasteiger charge is 2.44. The second-order valence-corrected chi connectivity index (χ2v) is 18.3. The average molecular weight is 855 g/mol. The molecule has 4 heterocycles. The maximum Gasteiger partial charge on any atom is 0.252 e. The molecule has 4 nitrogen and oxygen atoms in total. The highest BCUT2D eigenvalue weighted by Crippen LogP contribution is 2.47. The Morgan fingerprint density at radius 1 is 0.299 bits per heavy atom. The highest BCUT2D eigenvalue weighted by atomic mass is 15.2. The molecule has 2 aliphatic rings. The lowest BCUT2D eigenvalue weighted by molar-refractivity contribution is 1.16. The molecule has 10 aromatic carbocycles. The molecule has 0 amide bonds. The van der Waals surface area contributed by atoms with Crippen molar-refractivity contribution in [3.63, 3.8) is 0 Å². The van der Waals surface area contributed by atoms with Gasteiger partial charge in [-0.05, 0) is 126 Å². The Bertz CT molecular complexity index is 3850. The Morgan fingerprint density at radius 2 is 0.716 bits per heavy atom. The van der Waals surface area contributed by atoms with Crippen molar-refractivity contribution in [1.29, 1.82) is 0 Å². The summed E-state index contributed by atoms with van der Waals surface area (Å²) in [5.74, 6) is 0. The summed E-state index contributed by atoms with van der Waals surface area (Å²) in [5.41, 5.74) is 22.9. The molecule has 67 heavy (non-hydrogen) atoms. The minimum absolute atomic E-state index is 0.0272. The van der Waals surface area contributed by atoms with E-state index < -0.39 is 0 Å². The predicted molar refractivity (Wildman–Crippen MR) is 284 cm³/mol. The van der Waals surface area contributed by atoms with E-state index in [-0.39, 0.29) is 6.71 Å². The van der Waals surface area contributed by atoms with Crippen LogP contribution in [0, 0.1) is 13.8 Å². The maximum atomic E-state index is 2.52. The molecular formula is C62H43BN4. The predicted octanol–water partition coefficient (Wildman–Crippen LogP) is 14.2. The van der Waals surface area contributed by atoms with Crippen molar-refractivity contribution >= 4 is 101 Å². The fraction of sp³-hybridized carbons (Fsp3) is 0.0323. The van der Waals surface area contributed by atoms with Gasteiger partial charge >= 0.3 is 0 Å². The van der Waals surface area contributed by atoms with E-state index in [0.29, 0.717) is 0 Å². The highest BCUT2D eigenvalue weighted by molar-refractivity contribution is 7.00. The van der Waals surface area contributed by atoms with E-state index in [4.69, 9.17) is 0 Å². The van der Waals surface area contributed by atoms with Gasteiger partial charge < -0.3 is 18.9 Å². The number of hydrogen-bond acceptors (Lipinski definition) is 2. The second-order valence-electron chi connectivity index (χ2n) is 18.3. The lowest BCUT2D eigenvalue weighted by atomic mass is 9.33. The van der Waals surface area contributed by atoms with E-state index >= 15 is 0 Å². The number of hydrogen-bond donors (Lipinski definition) is 0. The van der Waals surface area contributed by atoms with Crippen LogP contribution in [0.25, 0.3) is 66.1 Å². The monoisotopic (exact) mass is 854 g/mol. The zero-order valence-electron chi connectivity index (χ0n) is 37.2. The largest absolute Gasteiger partial charge is 0.311 e. The summed E-state index contributed by atoms with van der Waals surface area (Å²) in [6.45, 7) is 4.37. The number of aryl methyl sites for hydroxylation is 2. The number of fused-ring (bicyclic) bond motifs is 10. The average Bonchev–Trinajstić information content (AvgIpc) is 3.90. The van der Waals surface area contributed by atoms with E-state index in [9.17, 15) is 0 Å². The molecule has 12 aromatic rings. The zero-order chi connectivity index (χ0) is 44.3. The van der Waals surface area contributed by atoms with Crippen LogP contribution in [0.1, 0.15) is 11.1 Å². The molecule has 0 fully saturated rings. The van der Waals surface area contributed by atoms with Crippen molar-refractivity contribution in [3.05, 3.63) is 236 Å². The van der Waals surface area contributed by atoms with Gasteiger partial charge in [-0.15, -0.1) is 0 Å². The Labute approximate surface area is 389 Å². The van der Waals surface area contributed by atoms with Crippen LogP contribution in [-0.4, -0.2) is 15.8 Å². The number of anilines is 6. The Balaban J connectivity index is 1.02. The van der Waals surface area contributed by atoms with Gasteiger partial charge in [0, 0.05) is 61.4 Å². The van der Waals surface area contributed by atoms with Crippen molar-refractivity contribution in [2.75, 3.05) is 9.80 Å². The van der Waals surface area contributed by atoms with Crippen LogP contribution < -0.4 is 26.2 Å². The van der Waals surface area contributed by atoms with Crippen LogP contribution in [0.2, 0.25) is 0 Å². The molecule has 0 bridgehead atoms. The van der Waals surface area contributed by atoms with E-state index in [1.54, 1.807) is 0 Å². The molecule has 0 atom stereocenters. The third-order valence-electron chi connectivity index (χ3n) is 14.4. The van der Waals surface area contributed by atoms with E-state index in [0.717, 1.165) is 22.7 Å². The fourth-order valence-corrected chi connectivity index (χ4v) is 11.5. The molecule has 0 radical (unpaired) electrons. The third-order valence-corrected chi connectivity index (χ3v) is 14.4. The van der Waals surface area contributed by atoms with E-state index in [2.05, 4.69) is 257 Å². The smallest absolute Gasteiger partial charge is 0.252 e. The van der Waals surface area contributed by atoms with Crippen molar-refractivity contribution in [2.45, 2.75) is 13.8 Å². The van der Waals surface area contributed by atoms with Crippen molar-refractivity contribution in [1.82, 2.24) is 9.13 Å². The van der Waals surface area contributed by atoms with Gasteiger partial charge in [0.2, 0.25) is 0 Å². The van der Waals surface area contributed by atoms with Gasteiger partial charge in [0.05, 0.1) is 27.8 Å². The number of rotatable bonds is 5. The summed E-state index contributed by atoms with van der Waals surface area (Å²) < 4.78 is 4.87. The van der Waals surface area contributed by atoms with Crippen LogP contribution in [0.4, 0.5) is 34.1 Å². The molecule has 0 saturated heterocycles. The van der Waals surface area contributed by atoms with Gasteiger partial charge in [0.25, 0.3) is 6.71 Å². The van der Waals surface area contributed by atoms with Crippen molar-refractivity contribution in [2.24, 2.45) is 0 Å². The first kappa shape index (κ1) is 37.8. The van der Waals surface area contributed by atoms with Gasteiger partial charge in [0.15, 0.2) is 0 Å². The standard InChI is InChI=1S/C62H43BN4/c1-40-24-30-45(31-25-40)66-58-34-26-41(2)36-52(58)63-53-37-43(42-27-32-46(33-28-42)64-54-20-10-6-16-48(54)49-17-7-11-21-55(49)64)29-35-59(53)65(44-14-4-3-5-15-44)60-38-47(39-61(66)62(60)63)67-56-22-12-8-18-50(56)51-19-9-13-23-57(51)67/h3-39H,1-2H3. The second kappa shape index (κ2) is 14.5. The van der Waals surface area contributed by atoms with Crippen LogP contribution in [-0.2, 0) is 0 Å². The van der Waals surface area contributed by atoms with Crippen LogP contribution in [0.5, 0.6) is 0 Å². The third kappa shape index (κ3) is 5.61. The summed E-state index contributed by atoms with van der Waals surface area (Å²) in [5, 5.41) is 5.04. The van der Waals surface area contributed by atoms with Gasteiger partial charge in [-0.2, -0.15) is 0 Å². The summed E-state index contributed by atoms with van der Waals surface area (Å²) >= 11 is 0. The van der Waals surface area contributed by atoms with Crippen LogP contribution in [0.15, 0.2) is 224 Å². The molecule has 2 aliphatic heterocycles. The van der Waals surface area contributed by atoms with Crippen molar-refractivity contribution < 1.29 is 0 Å². The van der Waals surface area contributed by atoms with Gasteiger partial charge in [0.1, 0.15) is 0 Å². The minimum atomic E-state index is -0.0272. The van der Waals surface area contributed by atoms with Crippen LogP contribution in [0.3, 0.4) is 0 Å². The summed E-state index contributed by atoms with van der Waals surface area (Å²) in [4.78, 5) is 5.04. The topological polar surface area (TPSA) is 16.3 Å². The molecule has 0 N–H and O–H groups in total. The summed E-state index contributed by atoms with van der Waals surface area (Å²) in [7, 11) is 0. The first-order valence-electron chi connectivity index (χ1n) is 23.3. The molecule has 314 valence electrons. The van der Waals surface area contributed by atoms with E-state index in [1.807, 2.05) is 0 Å². The van der Waals surface area contributed by atoms with Gasteiger partial charge in [-0.1, -0.05) is 151 Å². The lowest BCUT2D eigenvalue weighted by Gasteiger charge is -2.44. The van der Waals surface area contributed by atoms with E-state index in [1.165, 1.54) is 105 Å². The Kier molecular flexibility index (Phi) is 8.17. The SMILES string of the molecule is Cc1ccc(N2c3ccc(C)cc3B3c4cc(-c5ccc(-n6c7ccccc7c7ccccc76)cc5)ccc4N(c4ccccc4)c4cc(-n5c6ccccc6c6ccccc65)cc2c43)cc1. The zero-order valence-corrected chi connectivity index (χ0v) is 37.2. The Hall–Kier alpha value is -8.54. The number of benzene rings is 10. The molecule has 0 aliphatic carbocycles. The molecule has 14 rings (SSSR count). The summed E-state index contributed by atoms with van der Waals surface area (Å²) in [6, 6.07) is 83.4. The number of para-hydroxylation sites is 5. The molecule has 0 saturated carbocycles. The quantitative estimate of drug-likeness (QED) is 0.160. The van der Waals surface area contributed by atoms with Crippen LogP contribution >= 0.6 is 0 Å². The first-order chi connectivity index (χ1) is 33.1.